The van der Waals surface area contributed by atoms with Gasteiger partial charge in [0.25, 0.3) is 0 Å². The zero-order chi connectivity index (χ0) is 16.1. The molecular formula is C17H23N3OS. The number of hydrogen-bond acceptors (Lipinski definition) is 3. The van der Waals surface area contributed by atoms with E-state index in [1.165, 1.54) is 22.9 Å². The van der Waals surface area contributed by atoms with Crippen LogP contribution in [0.4, 0.5) is 0 Å². The second kappa shape index (κ2) is 7.49. The molecule has 0 saturated carbocycles. The molecule has 4 nitrogen and oxygen atoms in total. The van der Waals surface area contributed by atoms with Crippen LogP contribution < -0.4 is 5.32 Å². The Morgan fingerprint density at radius 2 is 2.18 bits per heavy atom. The van der Waals surface area contributed by atoms with Gasteiger partial charge in [-0.05, 0) is 38.8 Å². The van der Waals surface area contributed by atoms with Gasteiger partial charge in [0.2, 0.25) is 5.91 Å². The van der Waals surface area contributed by atoms with E-state index in [0.717, 1.165) is 17.3 Å². The van der Waals surface area contributed by atoms with Gasteiger partial charge in [0.15, 0.2) is 5.16 Å². The molecule has 0 aliphatic rings. The summed E-state index contributed by atoms with van der Waals surface area (Å²) >= 11 is 1.46. The quantitative estimate of drug-likeness (QED) is 0.830. The summed E-state index contributed by atoms with van der Waals surface area (Å²) in [4.78, 5) is 16.3. The predicted octanol–water partition coefficient (Wildman–Crippen LogP) is 3.50. The van der Waals surface area contributed by atoms with Gasteiger partial charge in [-0.25, -0.2) is 4.98 Å². The van der Waals surface area contributed by atoms with Crippen molar-refractivity contribution in [2.75, 3.05) is 5.75 Å². The average molecular weight is 317 g/mol. The fraction of sp³-hybridized carbons (Fsp3) is 0.412. The van der Waals surface area contributed by atoms with Crippen LogP contribution in [-0.4, -0.2) is 27.3 Å². The third kappa shape index (κ3) is 4.13. The number of imidazole rings is 1. The van der Waals surface area contributed by atoms with Crippen molar-refractivity contribution in [2.24, 2.45) is 0 Å². The molecule has 0 bridgehead atoms. The molecule has 0 saturated heterocycles. The molecule has 1 aromatic heterocycles. The monoisotopic (exact) mass is 317 g/mol. The third-order valence-corrected chi connectivity index (χ3v) is 4.54. The van der Waals surface area contributed by atoms with Crippen LogP contribution in [0.1, 0.15) is 31.4 Å². The summed E-state index contributed by atoms with van der Waals surface area (Å²) in [7, 11) is 0. The molecular weight excluding hydrogens is 294 g/mol. The minimum Gasteiger partial charge on any atom is -0.353 e. The first-order chi connectivity index (χ1) is 10.5. The summed E-state index contributed by atoms with van der Waals surface area (Å²) in [5.41, 5.74) is 3.54. The molecule has 1 amide bonds. The first-order valence-corrected chi connectivity index (χ1v) is 8.53. The van der Waals surface area contributed by atoms with Gasteiger partial charge >= 0.3 is 0 Å². The van der Waals surface area contributed by atoms with E-state index in [1.54, 1.807) is 6.20 Å². The van der Waals surface area contributed by atoms with E-state index < -0.39 is 0 Å². The van der Waals surface area contributed by atoms with E-state index in [4.69, 9.17) is 0 Å². The van der Waals surface area contributed by atoms with Gasteiger partial charge in [-0.15, -0.1) is 0 Å². The second-order valence-electron chi connectivity index (χ2n) is 5.54. The Kier molecular flexibility index (Phi) is 5.66. The zero-order valence-electron chi connectivity index (χ0n) is 13.6. The highest BCUT2D eigenvalue weighted by Crippen LogP contribution is 2.23. The van der Waals surface area contributed by atoms with Crippen LogP contribution in [0.2, 0.25) is 0 Å². The highest BCUT2D eigenvalue weighted by molar-refractivity contribution is 7.99. The van der Waals surface area contributed by atoms with Gasteiger partial charge in [0.05, 0.1) is 11.4 Å². The number of aryl methyl sites for hydroxylation is 2. The van der Waals surface area contributed by atoms with Crippen LogP contribution in [0.5, 0.6) is 0 Å². The number of thioether (sulfide) groups is 1. The number of nitrogens with zero attached hydrogens (tertiary/aromatic N) is 2. The van der Waals surface area contributed by atoms with E-state index in [0.29, 0.717) is 5.75 Å². The highest BCUT2D eigenvalue weighted by Gasteiger charge is 2.11. The Hall–Kier alpha value is -1.75. The fourth-order valence-corrected chi connectivity index (χ4v) is 2.98. The van der Waals surface area contributed by atoms with Crippen molar-refractivity contribution in [1.29, 1.82) is 0 Å². The number of amides is 1. The topological polar surface area (TPSA) is 46.9 Å². The Bertz CT molecular complexity index is 651. The Morgan fingerprint density at radius 3 is 2.86 bits per heavy atom. The van der Waals surface area contributed by atoms with E-state index in [1.807, 2.05) is 17.7 Å². The first-order valence-electron chi connectivity index (χ1n) is 7.54. The molecule has 2 aromatic rings. The van der Waals surface area contributed by atoms with Crippen LogP contribution >= 0.6 is 11.8 Å². The minimum absolute atomic E-state index is 0.0505. The predicted molar refractivity (Wildman–Crippen MR) is 91.7 cm³/mol. The molecule has 22 heavy (non-hydrogen) atoms. The lowest BCUT2D eigenvalue weighted by Gasteiger charge is -2.13. The number of carbonyl (C=O) groups is 1. The molecule has 118 valence electrons. The lowest BCUT2D eigenvalue weighted by Crippen LogP contribution is -2.33. The molecule has 0 aliphatic heterocycles. The maximum absolute atomic E-state index is 11.9. The number of benzene rings is 1. The van der Waals surface area contributed by atoms with E-state index in [2.05, 4.69) is 49.3 Å². The van der Waals surface area contributed by atoms with Gasteiger partial charge in [-0.2, -0.15) is 0 Å². The van der Waals surface area contributed by atoms with Crippen LogP contribution in [0.15, 0.2) is 35.7 Å². The SMILES string of the molecule is CCC(C)NC(=O)CSc1nccn1-c1ccc(C)cc1C. The van der Waals surface area contributed by atoms with E-state index in [9.17, 15) is 4.79 Å². The molecule has 5 heteroatoms. The number of hydrogen-bond donors (Lipinski definition) is 1. The summed E-state index contributed by atoms with van der Waals surface area (Å²) in [5, 5.41) is 3.81. The summed E-state index contributed by atoms with van der Waals surface area (Å²) in [6, 6.07) is 6.55. The lowest BCUT2D eigenvalue weighted by molar-refractivity contribution is -0.119. The number of carbonyl (C=O) groups excluding carboxylic acids is 1. The Balaban J connectivity index is 2.08. The van der Waals surface area contributed by atoms with Crippen LogP contribution in [0.25, 0.3) is 5.69 Å². The Labute approximate surface area is 136 Å². The van der Waals surface area contributed by atoms with Crippen molar-refractivity contribution in [3.05, 3.63) is 41.7 Å². The maximum atomic E-state index is 11.9. The van der Waals surface area contributed by atoms with Crippen molar-refractivity contribution >= 4 is 17.7 Å². The number of nitrogens with one attached hydrogen (secondary N) is 1. The summed E-state index contributed by atoms with van der Waals surface area (Å²) in [6.07, 6.45) is 4.65. The zero-order valence-corrected chi connectivity index (χ0v) is 14.4. The summed E-state index contributed by atoms with van der Waals surface area (Å²) < 4.78 is 2.04. The fourth-order valence-electron chi connectivity index (χ4n) is 2.20. The standard InChI is InChI=1S/C17H23N3OS/c1-5-14(4)19-16(21)11-22-17-18-8-9-20(17)15-7-6-12(2)10-13(15)3/h6-10,14H,5,11H2,1-4H3,(H,19,21). The lowest BCUT2D eigenvalue weighted by atomic mass is 10.1. The molecule has 1 N–H and O–H groups in total. The maximum Gasteiger partial charge on any atom is 0.230 e. The molecule has 0 spiro atoms. The summed E-state index contributed by atoms with van der Waals surface area (Å²) in [6.45, 7) is 8.25. The van der Waals surface area contributed by atoms with Gasteiger partial charge in [0, 0.05) is 18.4 Å². The molecule has 0 radical (unpaired) electrons. The number of rotatable bonds is 6. The first kappa shape index (κ1) is 16.6. The Morgan fingerprint density at radius 1 is 1.41 bits per heavy atom. The van der Waals surface area contributed by atoms with E-state index >= 15 is 0 Å². The van der Waals surface area contributed by atoms with Gasteiger partial charge < -0.3 is 5.32 Å². The second-order valence-corrected chi connectivity index (χ2v) is 6.48. The van der Waals surface area contributed by atoms with Crippen LogP contribution in [0, 0.1) is 13.8 Å². The smallest absolute Gasteiger partial charge is 0.230 e. The molecule has 2 rings (SSSR count). The molecule has 1 heterocycles. The molecule has 1 atom stereocenters. The van der Waals surface area contributed by atoms with Crippen LogP contribution in [0.3, 0.4) is 0 Å². The van der Waals surface area contributed by atoms with Gasteiger partial charge in [-0.1, -0.05) is 36.4 Å². The average Bonchev–Trinajstić information content (AvgIpc) is 2.93. The minimum atomic E-state index is 0.0505. The van der Waals surface area contributed by atoms with Crippen molar-refractivity contribution in [3.63, 3.8) is 0 Å². The van der Waals surface area contributed by atoms with E-state index in [-0.39, 0.29) is 11.9 Å². The summed E-state index contributed by atoms with van der Waals surface area (Å²) in [5.74, 6) is 0.432. The third-order valence-electron chi connectivity index (χ3n) is 3.57. The highest BCUT2D eigenvalue weighted by atomic mass is 32.2. The molecule has 1 unspecified atom stereocenters. The van der Waals surface area contributed by atoms with Crippen molar-refractivity contribution < 1.29 is 4.79 Å². The van der Waals surface area contributed by atoms with Crippen molar-refractivity contribution in [2.45, 2.75) is 45.3 Å². The van der Waals surface area contributed by atoms with Gasteiger partial charge in [0.1, 0.15) is 0 Å². The normalized spacial score (nSPS) is 12.2. The largest absolute Gasteiger partial charge is 0.353 e. The number of aromatic nitrogens is 2. The van der Waals surface area contributed by atoms with Crippen LogP contribution in [-0.2, 0) is 4.79 Å². The van der Waals surface area contributed by atoms with Crippen molar-refractivity contribution in [1.82, 2.24) is 14.9 Å². The molecule has 1 aromatic carbocycles. The molecule has 0 fully saturated rings. The van der Waals surface area contributed by atoms with Gasteiger partial charge in [-0.3, -0.25) is 9.36 Å². The molecule has 0 aliphatic carbocycles. The van der Waals surface area contributed by atoms with Crippen molar-refractivity contribution in [3.8, 4) is 5.69 Å².